The number of aromatic amines is 1. The van der Waals surface area contributed by atoms with Crippen LogP contribution in [0.4, 0.5) is 0 Å². The van der Waals surface area contributed by atoms with Crippen LogP contribution in [-0.2, 0) is 0 Å². The first-order chi connectivity index (χ1) is 6.20. The molecule has 0 atom stereocenters. The smallest absolute Gasteiger partial charge is 0.0839 e. The fourth-order valence-corrected chi connectivity index (χ4v) is 1.73. The number of nitrogens with one attached hydrogen (secondary N) is 1. The van der Waals surface area contributed by atoms with Crippen LogP contribution in [0.1, 0.15) is 25.3 Å². The van der Waals surface area contributed by atoms with Crippen molar-refractivity contribution in [1.29, 1.82) is 0 Å². The van der Waals surface area contributed by atoms with Gasteiger partial charge >= 0.3 is 0 Å². The van der Waals surface area contributed by atoms with Gasteiger partial charge in [-0.2, -0.15) is 5.10 Å². The van der Waals surface area contributed by atoms with E-state index in [2.05, 4.69) is 30.1 Å². The molecule has 0 unspecified atom stereocenters. The van der Waals surface area contributed by atoms with Crippen molar-refractivity contribution in [3.8, 4) is 0 Å². The van der Waals surface area contributed by atoms with Gasteiger partial charge in [0.25, 0.3) is 0 Å². The van der Waals surface area contributed by atoms with Crippen molar-refractivity contribution in [3.05, 3.63) is 28.9 Å². The van der Waals surface area contributed by atoms with Gasteiger partial charge in [-0.1, -0.05) is 31.5 Å². The standard InChI is InChI=1S/C10H11ClN2/c1-6(2)7-3-4-9(11)10-8(7)5-12-13-10/h3-6H,1-2H3,(H,12,13). The van der Waals surface area contributed by atoms with E-state index in [1.165, 1.54) is 5.56 Å². The molecule has 0 fully saturated rings. The molecular weight excluding hydrogens is 184 g/mol. The predicted molar refractivity (Wildman–Crippen MR) is 55.2 cm³/mol. The van der Waals surface area contributed by atoms with Gasteiger partial charge in [0.15, 0.2) is 0 Å². The minimum Gasteiger partial charge on any atom is -0.276 e. The molecule has 2 aromatic rings. The van der Waals surface area contributed by atoms with Crippen LogP contribution in [0.3, 0.4) is 0 Å². The number of aromatic nitrogens is 2. The average molecular weight is 195 g/mol. The van der Waals surface area contributed by atoms with E-state index in [1.54, 1.807) is 0 Å². The first-order valence-corrected chi connectivity index (χ1v) is 4.69. The van der Waals surface area contributed by atoms with Crippen molar-refractivity contribution < 1.29 is 0 Å². The lowest BCUT2D eigenvalue weighted by molar-refractivity contribution is 0.876. The van der Waals surface area contributed by atoms with Gasteiger partial charge in [-0.05, 0) is 17.5 Å². The molecule has 0 saturated carbocycles. The second kappa shape index (κ2) is 3.04. The first-order valence-electron chi connectivity index (χ1n) is 4.31. The molecule has 0 aliphatic heterocycles. The normalized spacial score (nSPS) is 11.4. The van der Waals surface area contributed by atoms with Gasteiger partial charge < -0.3 is 0 Å². The quantitative estimate of drug-likeness (QED) is 0.741. The highest BCUT2D eigenvalue weighted by Gasteiger charge is 2.08. The van der Waals surface area contributed by atoms with Crippen LogP contribution in [0.5, 0.6) is 0 Å². The van der Waals surface area contributed by atoms with Crippen molar-refractivity contribution in [3.63, 3.8) is 0 Å². The van der Waals surface area contributed by atoms with Crippen LogP contribution in [0.2, 0.25) is 5.02 Å². The summed E-state index contributed by atoms with van der Waals surface area (Å²) in [5.41, 5.74) is 2.22. The number of hydrogen-bond donors (Lipinski definition) is 1. The fraction of sp³-hybridized carbons (Fsp3) is 0.300. The SMILES string of the molecule is CC(C)c1ccc(Cl)c2[nH]ncc12. The maximum absolute atomic E-state index is 6.00. The number of hydrogen-bond acceptors (Lipinski definition) is 1. The third-order valence-corrected chi connectivity index (χ3v) is 2.54. The number of nitrogens with zero attached hydrogens (tertiary/aromatic N) is 1. The van der Waals surface area contributed by atoms with Crippen LogP contribution < -0.4 is 0 Å². The molecule has 1 heterocycles. The van der Waals surface area contributed by atoms with E-state index in [1.807, 2.05) is 12.3 Å². The Bertz CT molecular complexity index is 431. The predicted octanol–water partition coefficient (Wildman–Crippen LogP) is 3.34. The number of fused-ring (bicyclic) bond motifs is 1. The Labute approximate surface area is 81.9 Å². The molecule has 2 nitrogen and oxygen atoms in total. The van der Waals surface area contributed by atoms with Crippen LogP contribution in [0.15, 0.2) is 18.3 Å². The van der Waals surface area contributed by atoms with Crippen molar-refractivity contribution in [1.82, 2.24) is 10.2 Å². The molecule has 0 bridgehead atoms. The molecule has 1 aromatic carbocycles. The van der Waals surface area contributed by atoms with E-state index in [-0.39, 0.29) is 0 Å². The van der Waals surface area contributed by atoms with Crippen molar-refractivity contribution in [2.24, 2.45) is 0 Å². The lowest BCUT2D eigenvalue weighted by Gasteiger charge is -2.06. The van der Waals surface area contributed by atoms with E-state index in [0.717, 1.165) is 15.9 Å². The summed E-state index contributed by atoms with van der Waals surface area (Å²) in [7, 11) is 0. The molecule has 0 saturated heterocycles. The zero-order valence-electron chi connectivity index (χ0n) is 7.63. The highest BCUT2D eigenvalue weighted by molar-refractivity contribution is 6.35. The van der Waals surface area contributed by atoms with Crippen LogP contribution >= 0.6 is 11.6 Å². The van der Waals surface area contributed by atoms with Gasteiger partial charge in [0.2, 0.25) is 0 Å². The first kappa shape index (κ1) is 8.57. The molecule has 68 valence electrons. The van der Waals surface area contributed by atoms with Crippen LogP contribution in [0.25, 0.3) is 10.9 Å². The van der Waals surface area contributed by atoms with Gasteiger partial charge in [0.1, 0.15) is 0 Å². The van der Waals surface area contributed by atoms with Gasteiger partial charge in [-0.15, -0.1) is 0 Å². The zero-order valence-corrected chi connectivity index (χ0v) is 8.39. The maximum Gasteiger partial charge on any atom is 0.0839 e. The lowest BCUT2D eigenvalue weighted by atomic mass is 10.00. The summed E-state index contributed by atoms with van der Waals surface area (Å²) in [5, 5.41) is 8.76. The summed E-state index contributed by atoms with van der Waals surface area (Å²) < 4.78 is 0. The highest BCUT2D eigenvalue weighted by atomic mass is 35.5. The van der Waals surface area contributed by atoms with E-state index in [0.29, 0.717) is 5.92 Å². The molecule has 1 N–H and O–H groups in total. The summed E-state index contributed by atoms with van der Waals surface area (Å²) in [6, 6.07) is 3.97. The molecule has 13 heavy (non-hydrogen) atoms. The summed E-state index contributed by atoms with van der Waals surface area (Å²) >= 11 is 6.00. The topological polar surface area (TPSA) is 28.7 Å². The molecule has 0 aliphatic carbocycles. The van der Waals surface area contributed by atoms with Crippen molar-refractivity contribution >= 4 is 22.5 Å². The molecule has 0 aliphatic rings. The average Bonchev–Trinajstić information content (AvgIpc) is 2.53. The number of benzene rings is 1. The Balaban J connectivity index is 2.78. The summed E-state index contributed by atoms with van der Waals surface area (Å²) in [6.45, 7) is 4.32. The molecule has 0 amide bonds. The number of halogens is 1. The third-order valence-electron chi connectivity index (χ3n) is 2.22. The molecule has 3 heteroatoms. The number of rotatable bonds is 1. The molecular formula is C10H11ClN2. The summed E-state index contributed by atoms with van der Waals surface area (Å²) in [6.07, 6.45) is 1.83. The second-order valence-electron chi connectivity index (χ2n) is 3.45. The fourth-order valence-electron chi connectivity index (χ4n) is 1.53. The van der Waals surface area contributed by atoms with Gasteiger partial charge in [0, 0.05) is 5.39 Å². The Morgan fingerprint density at radius 3 is 2.85 bits per heavy atom. The third kappa shape index (κ3) is 1.31. The van der Waals surface area contributed by atoms with E-state index in [4.69, 9.17) is 11.6 Å². The highest BCUT2D eigenvalue weighted by Crippen LogP contribution is 2.28. The van der Waals surface area contributed by atoms with Gasteiger partial charge in [0.05, 0.1) is 16.7 Å². The van der Waals surface area contributed by atoms with E-state index in [9.17, 15) is 0 Å². The Kier molecular flexibility index (Phi) is 2.00. The Morgan fingerprint density at radius 2 is 2.15 bits per heavy atom. The Hall–Kier alpha value is -1.02. The summed E-state index contributed by atoms with van der Waals surface area (Å²) in [5.74, 6) is 0.498. The lowest BCUT2D eigenvalue weighted by Crippen LogP contribution is -1.87. The van der Waals surface area contributed by atoms with Gasteiger partial charge in [-0.3, -0.25) is 5.10 Å². The van der Waals surface area contributed by atoms with E-state index < -0.39 is 0 Å². The largest absolute Gasteiger partial charge is 0.276 e. The molecule has 0 spiro atoms. The molecule has 2 rings (SSSR count). The van der Waals surface area contributed by atoms with Crippen molar-refractivity contribution in [2.75, 3.05) is 0 Å². The minimum atomic E-state index is 0.498. The van der Waals surface area contributed by atoms with Crippen LogP contribution in [0, 0.1) is 0 Å². The maximum atomic E-state index is 6.00. The molecule has 1 aromatic heterocycles. The van der Waals surface area contributed by atoms with E-state index >= 15 is 0 Å². The van der Waals surface area contributed by atoms with Gasteiger partial charge in [-0.25, -0.2) is 0 Å². The number of H-pyrrole nitrogens is 1. The van der Waals surface area contributed by atoms with Crippen molar-refractivity contribution in [2.45, 2.75) is 19.8 Å². The molecule has 0 radical (unpaired) electrons. The minimum absolute atomic E-state index is 0.498. The zero-order chi connectivity index (χ0) is 9.42. The summed E-state index contributed by atoms with van der Waals surface area (Å²) in [4.78, 5) is 0. The van der Waals surface area contributed by atoms with Crippen LogP contribution in [-0.4, -0.2) is 10.2 Å². The second-order valence-corrected chi connectivity index (χ2v) is 3.86. The monoisotopic (exact) mass is 194 g/mol. The Morgan fingerprint density at radius 1 is 1.38 bits per heavy atom.